The summed E-state index contributed by atoms with van der Waals surface area (Å²) < 4.78 is 32.9. The molecule has 2 aromatic rings. The van der Waals surface area contributed by atoms with Crippen LogP contribution in [0, 0.1) is 10.1 Å². The second kappa shape index (κ2) is 7.18. The molecule has 0 saturated carbocycles. The third kappa shape index (κ3) is 3.74. The van der Waals surface area contributed by atoms with Gasteiger partial charge in [-0.25, -0.2) is 8.42 Å². The van der Waals surface area contributed by atoms with E-state index in [2.05, 4.69) is 10.0 Å². The fourth-order valence-corrected chi connectivity index (χ4v) is 3.39. The molecule has 0 spiro atoms. The van der Waals surface area contributed by atoms with Gasteiger partial charge in [0.25, 0.3) is 15.7 Å². The number of anilines is 2. The number of non-ortho nitro benzene ring substituents is 1. The Morgan fingerprint density at radius 2 is 1.88 bits per heavy atom. The highest BCUT2D eigenvalue weighted by atomic mass is 32.2. The molecule has 0 heterocycles. The largest absolute Gasteiger partial charge is 0.495 e. The molecule has 0 aliphatic carbocycles. The molecule has 0 radical (unpaired) electrons. The van der Waals surface area contributed by atoms with Gasteiger partial charge in [0.2, 0.25) is 0 Å². The maximum Gasteiger partial charge on any atom is 0.270 e. The van der Waals surface area contributed by atoms with Gasteiger partial charge in [0.15, 0.2) is 0 Å². The van der Waals surface area contributed by atoms with Crippen LogP contribution in [0.4, 0.5) is 17.1 Å². The Kier molecular flexibility index (Phi) is 5.24. The minimum Gasteiger partial charge on any atom is -0.495 e. The minimum absolute atomic E-state index is 0.204. The van der Waals surface area contributed by atoms with Crippen molar-refractivity contribution in [2.24, 2.45) is 0 Å². The van der Waals surface area contributed by atoms with E-state index in [4.69, 9.17) is 4.74 Å². The highest BCUT2D eigenvalue weighted by molar-refractivity contribution is 7.93. The van der Waals surface area contributed by atoms with Crippen molar-refractivity contribution >= 4 is 27.1 Å². The molecule has 0 aromatic heterocycles. The van der Waals surface area contributed by atoms with E-state index in [-0.39, 0.29) is 22.0 Å². The van der Waals surface area contributed by atoms with Crippen LogP contribution in [0.25, 0.3) is 0 Å². The molecular weight excluding hydrogens is 334 g/mol. The number of hydrogen-bond acceptors (Lipinski definition) is 6. The fraction of sp³-hybridized carbons (Fsp3) is 0.200. The molecule has 2 aromatic carbocycles. The summed E-state index contributed by atoms with van der Waals surface area (Å²) in [5.41, 5.74) is 0.219. The first kappa shape index (κ1) is 17.5. The standard InChI is InChI=1S/C15H17N3O5S/c1-3-16-13-9-8-11(18(19)20)10-15(13)24(21,22)17-12-6-4-5-7-14(12)23-2/h4-10,16-17H,3H2,1-2H3. The van der Waals surface area contributed by atoms with Crippen LogP contribution < -0.4 is 14.8 Å². The van der Waals surface area contributed by atoms with E-state index in [1.54, 1.807) is 31.2 Å². The molecule has 0 fully saturated rings. The van der Waals surface area contributed by atoms with Gasteiger partial charge in [0.05, 0.1) is 23.4 Å². The number of hydrogen-bond donors (Lipinski definition) is 2. The molecule has 0 bridgehead atoms. The van der Waals surface area contributed by atoms with E-state index in [1.165, 1.54) is 19.2 Å². The van der Waals surface area contributed by atoms with Gasteiger partial charge < -0.3 is 10.1 Å². The van der Waals surface area contributed by atoms with Crippen LogP contribution in [0.2, 0.25) is 0 Å². The van der Waals surface area contributed by atoms with Crippen LogP contribution >= 0.6 is 0 Å². The summed E-state index contributed by atoms with van der Waals surface area (Å²) in [6.07, 6.45) is 0. The van der Waals surface area contributed by atoms with Crippen LogP contribution in [0.5, 0.6) is 5.75 Å². The van der Waals surface area contributed by atoms with Crippen molar-refractivity contribution in [2.45, 2.75) is 11.8 Å². The van der Waals surface area contributed by atoms with E-state index in [0.717, 1.165) is 6.07 Å². The third-order valence-corrected chi connectivity index (χ3v) is 4.59. The molecule has 2 N–H and O–H groups in total. The Labute approximate surface area is 139 Å². The highest BCUT2D eigenvalue weighted by Gasteiger charge is 2.23. The van der Waals surface area contributed by atoms with Crippen LogP contribution in [0.1, 0.15) is 6.92 Å². The molecule has 0 amide bonds. The summed E-state index contributed by atoms with van der Waals surface area (Å²) in [5, 5.41) is 13.8. The lowest BCUT2D eigenvalue weighted by Gasteiger charge is -2.14. The van der Waals surface area contributed by atoms with Gasteiger partial charge in [0.1, 0.15) is 10.6 Å². The SMILES string of the molecule is CCNc1ccc([N+](=O)[O-])cc1S(=O)(=O)Nc1ccccc1OC. The van der Waals surface area contributed by atoms with E-state index in [1.807, 2.05) is 0 Å². The van der Waals surface area contributed by atoms with Gasteiger partial charge in [0, 0.05) is 18.7 Å². The maximum atomic E-state index is 12.7. The van der Waals surface area contributed by atoms with Gasteiger partial charge in [-0.2, -0.15) is 0 Å². The van der Waals surface area contributed by atoms with Crippen molar-refractivity contribution in [3.8, 4) is 5.75 Å². The number of benzene rings is 2. The number of rotatable bonds is 7. The van der Waals surface area contributed by atoms with E-state index >= 15 is 0 Å². The molecule has 9 heteroatoms. The van der Waals surface area contributed by atoms with E-state index in [9.17, 15) is 18.5 Å². The lowest BCUT2D eigenvalue weighted by atomic mass is 10.3. The van der Waals surface area contributed by atoms with Crippen LogP contribution in [0.15, 0.2) is 47.4 Å². The predicted molar refractivity (Wildman–Crippen MR) is 91.1 cm³/mol. The Balaban J connectivity index is 2.51. The number of nitro benzene ring substituents is 1. The average molecular weight is 351 g/mol. The monoisotopic (exact) mass is 351 g/mol. The number of sulfonamides is 1. The molecule has 0 unspecified atom stereocenters. The summed E-state index contributed by atoms with van der Waals surface area (Å²) >= 11 is 0. The first-order valence-electron chi connectivity index (χ1n) is 7.07. The van der Waals surface area contributed by atoms with E-state index in [0.29, 0.717) is 12.3 Å². The van der Waals surface area contributed by atoms with Crippen molar-refractivity contribution in [1.29, 1.82) is 0 Å². The second-order valence-corrected chi connectivity index (χ2v) is 6.42. The fourth-order valence-electron chi connectivity index (χ4n) is 2.11. The Hall–Kier alpha value is -2.81. The molecule has 24 heavy (non-hydrogen) atoms. The molecular formula is C15H17N3O5S. The highest BCUT2D eigenvalue weighted by Crippen LogP contribution is 2.31. The summed E-state index contributed by atoms with van der Waals surface area (Å²) in [5.74, 6) is 0.344. The van der Waals surface area contributed by atoms with Gasteiger partial charge in [-0.15, -0.1) is 0 Å². The summed E-state index contributed by atoms with van der Waals surface area (Å²) in [4.78, 5) is 10.1. The van der Waals surface area contributed by atoms with Crippen LogP contribution in [-0.4, -0.2) is 27.0 Å². The van der Waals surface area contributed by atoms with Crippen molar-refractivity contribution < 1.29 is 18.1 Å². The Morgan fingerprint density at radius 3 is 2.50 bits per heavy atom. The van der Waals surface area contributed by atoms with Crippen molar-refractivity contribution in [1.82, 2.24) is 0 Å². The minimum atomic E-state index is -4.05. The lowest BCUT2D eigenvalue weighted by Crippen LogP contribution is -2.16. The zero-order valence-electron chi connectivity index (χ0n) is 13.1. The second-order valence-electron chi connectivity index (χ2n) is 4.77. The topological polar surface area (TPSA) is 111 Å². The number of para-hydroxylation sites is 2. The van der Waals surface area contributed by atoms with E-state index < -0.39 is 14.9 Å². The lowest BCUT2D eigenvalue weighted by molar-refractivity contribution is -0.385. The maximum absolute atomic E-state index is 12.7. The quantitative estimate of drug-likeness (QED) is 0.586. The van der Waals surface area contributed by atoms with Crippen LogP contribution in [-0.2, 0) is 10.0 Å². The smallest absolute Gasteiger partial charge is 0.270 e. The molecule has 0 aliphatic heterocycles. The molecule has 128 valence electrons. The third-order valence-electron chi connectivity index (χ3n) is 3.18. The average Bonchev–Trinajstić information content (AvgIpc) is 2.55. The normalized spacial score (nSPS) is 10.9. The Bertz CT molecular complexity index is 852. The Morgan fingerprint density at radius 1 is 1.17 bits per heavy atom. The number of nitrogens with one attached hydrogen (secondary N) is 2. The zero-order chi connectivity index (χ0) is 17.7. The van der Waals surface area contributed by atoms with Gasteiger partial charge in [-0.1, -0.05) is 12.1 Å². The van der Waals surface area contributed by atoms with Crippen molar-refractivity contribution in [3.05, 3.63) is 52.6 Å². The van der Waals surface area contributed by atoms with Gasteiger partial charge >= 0.3 is 0 Å². The molecule has 0 atom stereocenters. The van der Waals surface area contributed by atoms with Gasteiger partial charge in [-0.3, -0.25) is 14.8 Å². The van der Waals surface area contributed by atoms with Crippen molar-refractivity contribution in [3.63, 3.8) is 0 Å². The molecule has 2 rings (SSSR count). The first-order valence-corrected chi connectivity index (χ1v) is 8.55. The number of methoxy groups -OCH3 is 1. The number of ether oxygens (including phenoxy) is 1. The van der Waals surface area contributed by atoms with Crippen LogP contribution in [0.3, 0.4) is 0 Å². The predicted octanol–water partition coefficient (Wildman–Crippen LogP) is 2.84. The zero-order valence-corrected chi connectivity index (χ0v) is 14.0. The number of nitrogens with zero attached hydrogens (tertiary/aromatic N) is 1. The van der Waals surface area contributed by atoms with Gasteiger partial charge in [-0.05, 0) is 25.1 Å². The first-order chi connectivity index (χ1) is 11.4. The molecule has 0 aliphatic rings. The molecule has 0 saturated heterocycles. The summed E-state index contributed by atoms with van der Waals surface area (Å²) in [7, 11) is -2.63. The summed E-state index contributed by atoms with van der Waals surface area (Å²) in [6.45, 7) is 2.26. The van der Waals surface area contributed by atoms with Crippen molar-refractivity contribution in [2.75, 3.05) is 23.7 Å². The number of nitro groups is 1. The molecule has 8 nitrogen and oxygen atoms in total. The summed E-state index contributed by atoms with van der Waals surface area (Å²) in [6, 6.07) is 10.2.